The van der Waals surface area contributed by atoms with Crippen LogP contribution in [0.4, 0.5) is 0 Å². The number of hydrogen-bond acceptors (Lipinski definition) is 2. The Bertz CT molecular complexity index is 411. The molecule has 3 nitrogen and oxygen atoms in total. The minimum atomic E-state index is -0.393. The van der Waals surface area contributed by atoms with Crippen LogP contribution in [0.5, 0.6) is 5.75 Å². The van der Waals surface area contributed by atoms with Gasteiger partial charge in [-0.1, -0.05) is 19.1 Å². The van der Waals surface area contributed by atoms with Crippen molar-refractivity contribution in [2.75, 3.05) is 13.1 Å². The summed E-state index contributed by atoms with van der Waals surface area (Å²) in [5.41, 5.74) is 1.23. The quantitative estimate of drug-likeness (QED) is 0.818. The first-order chi connectivity index (χ1) is 8.70. The van der Waals surface area contributed by atoms with E-state index in [0.29, 0.717) is 0 Å². The van der Waals surface area contributed by atoms with Crippen molar-refractivity contribution >= 4 is 5.91 Å². The molecule has 1 fully saturated rings. The molecule has 1 saturated heterocycles. The van der Waals surface area contributed by atoms with Crippen LogP contribution in [0.1, 0.15) is 32.3 Å². The molecule has 0 spiro atoms. The van der Waals surface area contributed by atoms with Crippen LogP contribution >= 0.6 is 0 Å². The Kier molecular flexibility index (Phi) is 4.24. The zero-order valence-corrected chi connectivity index (χ0v) is 11.2. The van der Waals surface area contributed by atoms with E-state index in [2.05, 4.69) is 13.0 Å². The molecule has 0 bridgehead atoms. The average Bonchev–Trinajstić information content (AvgIpc) is 2.92. The van der Waals surface area contributed by atoms with Gasteiger partial charge in [-0.05, 0) is 43.9 Å². The number of benzene rings is 1. The van der Waals surface area contributed by atoms with Crippen molar-refractivity contribution < 1.29 is 9.53 Å². The second-order valence-electron chi connectivity index (χ2n) is 4.79. The van der Waals surface area contributed by atoms with Gasteiger partial charge in [0, 0.05) is 13.1 Å². The molecule has 1 aliphatic heterocycles. The Morgan fingerprint density at radius 2 is 2.11 bits per heavy atom. The summed E-state index contributed by atoms with van der Waals surface area (Å²) in [7, 11) is 0. The van der Waals surface area contributed by atoms with Crippen LogP contribution in [-0.4, -0.2) is 30.0 Å². The maximum absolute atomic E-state index is 12.1. The number of aryl methyl sites for hydroxylation is 1. The lowest BCUT2D eigenvalue weighted by Gasteiger charge is -2.21. The molecular weight excluding hydrogens is 226 g/mol. The van der Waals surface area contributed by atoms with Gasteiger partial charge < -0.3 is 9.64 Å². The van der Waals surface area contributed by atoms with Crippen molar-refractivity contribution in [2.45, 2.75) is 39.2 Å². The van der Waals surface area contributed by atoms with E-state index in [1.165, 1.54) is 5.56 Å². The fourth-order valence-corrected chi connectivity index (χ4v) is 2.29. The standard InChI is InChI=1S/C15H21NO2/c1-3-13-7-6-8-14(11-13)18-12(2)15(17)16-9-4-5-10-16/h6-8,11-12H,3-5,9-10H2,1-2H3/t12-/m0/s1. The molecule has 1 heterocycles. The van der Waals surface area contributed by atoms with Crippen LogP contribution in [0.25, 0.3) is 0 Å². The molecular formula is C15H21NO2. The van der Waals surface area contributed by atoms with Crippen molar-refractivity contribution in [2.24, 2.45) is 0 Å². The molecule has 0 saturated carbocycles. The van der Waals surface area contributed by atoms with Crippen molar-refractivity contribution in [3.8, 4) is 5.75 Å². The maximum Gasteiger partial charge on any atom is 0.263 e. The fourth-order valence-electron chi connectivity index (χ4n) is 2.29. The van der Waals surface area contributed by atoms with Crippen molar-refractivity contribution in [3.05, 3.63) is 29.8 Å². The van der Waals surface area contributed by atoms with Gasteiger partial charge in [-0.3, -0.25) is 4.79 Å². The van der Waals surface area contributed by atoms with E-state index < -0.39 is 6.10 Å². The topological polar surface area (TPSA) is 29.5 Å². The average molecular weight is 247 g/mol. The van der Waals surface area contributed by atoms with E-state index in [9.17, 15) is 4.79 Å². The second kappa shape index (κ2) is 5.89. The molecule has 0 radical (unpaired) electrons. The lowest BCUT2D eigenvalue weighted by molar-refractivity contribution is -0.136. The van der Waals surface area contributed by atoms with Crippen LogP contribution in [0.15, 0.2) is 24.3 Å². The lowest BCUT2D eigenvalue weighted by Crippen LogP contribution is -2.38. The summed E-state index contributed by atoms with van der Waals surface area (Å²) in [5.74, 6) is 0.892. The highest BCUT2D eigenvalue weighted by molar-refractivity contribution is 5.81. The smallest absolute Gasteiger partial charge is 0.263 e. The van der Waals surface area contributed by atoms with Gasteiger partial charge in [0.2, 0.25) is 0 Å². The number of rotatable bonds is 4. The van der Waals surface area contributed by atoms with Crippen LogP contribution in [0, 0.1) is 0 Å². The zero-order chi connectivity index (χ0) is 13.0. The third-order valence-corrected chi connectivity index (χ3v) is 3.39. The monoisotopic (exact) mass is 247 g/mol. The maximum atomic E-state index is 12.1. The molecule has 0 unspecified atom stereocenters. The first kappa shape index (κ1) is 12.9. The molecule has 0 aromatic heterocycles. The normalized spacial score (nSPS) is 16.7. The van der Waals surface area contributed by atoms with Gasteiger partial charge in [0.05, 0.1) is 0 Å². The van der Waals surface area contributed by atoms with E-state index in [-0.39, 0.29) is 5.91 Å². The van der Waals surface area contributed by atoms with Crippen LogP contribution in [0.3, 0.4) is 0 Å². The van der Waals surface area contributed by atoms with Crippen molar-refractivity contribution in [3.63, 3.8) is 0 Å². The third kappa shape index (κ3) is 3.03. The summed E-state index contributed by atoms with van der Waals surface area (Å²) in [6.07, 6.45) is 2.81. The molecule has 0 N–H and O–H groups in total. The summed E-state index contributed by atoms with van der Waals surface area (Å²) in [6, 6.07) is 7.96. The minimum Gasteiger partial charge on any atom is -0.481 e. The Labute approximate surface area is 109 Å². The Morgan fingerprint density at radius 1 is 1.39 bits per heavy atom. The lowest BCUT2D eigenvalue weighted by atomic mass is 10.2. The summed E-state index contributed by atoms with van der Waals surface area (Å²) in [4.78, 5) is 14.0. The molecule has 0 aliphatic carbocycles. The summed E-state index contributed by atoms with van der Waals surface area (Å²) >= 11 is 0. The molecule has 1 aromatic rings. The molecule has 98 valence electrons. The highest BCUT2D eigenvalue weighted by atomic mass is 16.5. The fraction of sp³-hybridized carbons (Fsp3) is 0.533. The molecule has 2 rings (SSSR count). The van der Waals surface area contributed by atoms with Gasteiger partial charge in [-0.15, -0.1) is 0 Å². The first-order valence-corrected chi connectivity index (χ1v) is 6.75. The van der Waals surface area contributed by atoms with E-state index in [4.69, 9.17) is 4.74 Å². The third-order valence-electron chi connectivity index (χ3n) is 3.39. The highest BCUT2D eigenvalue weighted by Gasteiger charge is 2.24. The minimum absolute atomic E-state index is 0.106. The molecule has 1 aromatic carbocycles. The van der Waals surface area contributed by atoms with E-state index in [1.54, 1.807) is 0 Å². The highest BCUT2D eigenvalue weighted by Crippen LogP contribution is 2.17. The predicted octanol–water partition coefficient (Wildman–Crippen LogP) is 2.64. The predicted molar refractivity (Wildman–Crippen MR) is 71.7 cm³/mol. The first-order valence-electron chi connectivity index (χ1n) is 6.75. The van der Waals surface area contributed by atoms with Gasteiger partial charge >= 0.3 is 0 Å². The number of carbonyl (C=O) groups is 1. The Morgan fingerprint density at radius 3 is 2.78 bits per heavy atom. The number of nitrogens with zero attached hydrogens (tertiary/aromatic N) is 1. The molecule has 1 atom stereocenters. The van der Waals surface area contributed by atoms with Gasteiger partial charge in [0.15, 0.2) is 6.10 Å². The summed E-state index contributed by atoms with van der Waals surface area (Å²) in [5, 5.41) is 0. The number of carbonyl (C=O) groups excluding carboxylic acids is 1. The van der Waals surface area contributed by atoms with Crippen molar-refractivity contribution in [1.29, 1.82) is 0 Å². The van der Waals surface area contributed by atoms with Gasteiger partial charge in [-0.2, -0.15) is 0 Å². The Hall–Kier alpha value is -1.51. The van der Waals surface area contributed by atoms with Crippen LogP contribution < -0.4 is 4.74 Å². The summed E-state index contributed by atoms with van der Waals surface area (Å²) in [6.45, 7) is 5.69. The largest absolute Gasteiger partial charge is 0.481 e. The number of hydrogen-bond donors (Lipinski definition) is 0. The zero-order valence-electron chi connectivity index (χ0n) is 11.2. The Balaban J connectivity index is 1.97. The van der Waals surface area contributed by atoms with Gasteiger partial charge in [0.1, 0.15) is 5.75 Å². The van der Waals surface area contributed by atoms with Crippen LogP contribution in [0.2, 0.25) is 0 Å². The number of ether oxygens (including phenoxy) is 1. The second-order valence-corrected chi connectivity index (χ2v) is 4.79. The van der Waals surface area contributed by atoms with Gasteiger partial charge in [-0.25, -0.2) is 0 Å². The summed E-state index contributed by atoms with van der Waals surface area (Å²) < 4.78 is 5.74. The SMILES string of the molecule is CCc1cccc(O[C@@H](C)C(=O)N2CCCC2)c1. The van der Waals surface area contributed by atoms with Gasteiger partial charge in [0.25, 0.3) is 5.91 Å². The van der Waals surface area contributed by atoms with Crippen LogP contribution in [-0.2, 0) is 11.2 Å². The van der Waals surface area contributed by atoms with E-state index in [1.807, 2.05) is 30.0 Å². The molecule has 18 heavy (non-hydrogen) atoms. The van der Waals surface area contributed by atoms with Crippen molar-refractivity contribution in [1.82, 2.24) is 4.90 Å². The number of likely N-dealkylation sites (tertiary alicyclic amines) is 1. The van der Waals surface area contributed by atoms with E-state index in [0.717, 1.165) is 38.1 Å². The molecule has 3 heteroatoms. The van der Waals surface area contributed by atoms with E-state index >= 15 is 0 Å². The molecule has 1 amide bonds. The number of amides is 1. The molecule has 1 aliphatic rings.